The van der Waals surface area contributed by atoms with E-state index in [2.05, 4.69) is 20.3 Å². The van der Waals surface area contributed by atoms with Crippen LogP contribution in [0.2, 0.25) is 0 Å². The Balaban J connectivity index is 1.30. The van der Waals surface area contributed by atoms with Crippen molar-refractivity contribution < 1.29 is 43.5 Å². The van der Waals surface area contributed by atoms with E-state index in [1.165, 1.54) is 10.9 Å². The molecule has 4 N–H and O–H groups in total. The molecule has 1 fully saturated rings. The number of anilines is 1. The van der Waals surface area contributed by atoms with Crippen LogP contribution in [0.4, 0.5) is 5.95 Å². The molecule has 6 atom stereocenters. The topological polar surface area (TPSA) is 207 Å². The minimum atomic E-state index is -1.67. The van der Waals surface area contributed by atoms with Gasteiger partial charge in [0, 0.05) is 5.92 Å². The highest BCUT2D eigenvalue weighted by molar-refractivity contribution is 6.21. The van der Waals surface area contributed by atoms with E-state index in [4.69, 9.17) is 18.9 Å². The molecular formula is C48H50N6O10. The Bertz CT molecular complexity index is 2620. The number of amides is 3. The zero-order valence-electron chi connectivity index (χ0n) is 36.0. The maximum absolute atomic E-state index is 14.0. The maximum Gasteiger partial charge on any atom is 0.280 e. The lowest BCUT2D eigenvalue weighted by Gasteiger charge is -2.43. The number of nitrogens with zero attached hydrogens (tertiary/aromatic N) is 4. The van der Waals surface area contributed by atoms with Gasteiger partial charge in [-0.25, -0.2) is 9.88 Å². The second-order valence-electron chi connectivity index (χ2n) is 16.2. The minimum absolute atomic E-state index is 0.0331. The van der Waals surface area contributed by atoms with Gasteiger partial charge in [0.05, 0.1) is 37.1 Å². The molecule has 332 valence electrons. The number of aromatic amines is 1. The van der Waals surface area contributed by atoms with Gasteiger partial charge in [-0.3, -0.25) is 34.0 Å². The molecule has 2 aromatic heterocycles. The maximum atomic E-state index is 14.0. The minimum Gasteiger partial charge on any atom is -0.497 e. The van der Waals surface area contributed by atoms with Crippen LogP contribution in [0.3, 0.4) is 0 Å². The quantitative estimate of drug-likeness (QED) is 0.0695. The fraction of sp³-hybridized carbons (Fsp3) is 0.333. The SMILES string of the molecule is CCCCC(O[C@@H]1[C@H](O)[C@@H](C(O)C(c2ccccc2)(c2ccc(OC)cc2)c2ccc(OC)cc2)O[C@H]1n1cnc2c(=O)[nH]c(NC(=O)C(C)C)nc21)N1C(=O)c2ccccc2C1=O. The van der Waals surface area contributed by atoms with Gasteiger partial charge in [0.15, 0.2) is 17.4 Å². The zero-order chi connectivity index (χ0) is 45.3. The lowest BCUT2D eigenvalue weighted by atomic mass is 9.64. The number of rotatable bonds is 16. The standard InChI is InChI=1S/C48H50N6O10/c1-6-7-17-35(54-44(59)33-15-11-12-16-34(33)45(54)60)63-39-37(55)38(64-46(39)53-26-49-36-41(53)50-47(52-43(36)58)51-42(57)27(2)3)40(56)48(28-13-9-8-10-14-28,29-18-22-31(61-4)23-19-29)30-20-24-32(62-5)25-21-30/h8-16,18-27,35,37-40,46,55-56H,6-7,17H2,1-5H3,(H2,50,51,52,57,58)/t35?,37-,38+,39-,40?,46-/m1/s1. The van der Waals surface area contributed by atoms with Crippen LogP contribution >= 0.6 is 0 Å². The molecule has 4 heterocycles. The van der Waals surface area contributed by atoms with Crippen LogP contribution in [-0.4, -0.2) is 97.2 Å². The number of hydrogen-bond acceptors (Lipinski definition) is 12. The van der Waals surface area contributed by atoms with Gasteiger partial charge in [-0.15, -0.1) is 0 Å². The number of aliphatic hydroxyl groups excluding tert-OH is 2. The molecule has 4 aromatic carbocycles. The molecule has 0 aliphatic carbocycles. The average Bonchev–Trinajstić information content (AvgIpc) is 3.96. The summed E-state index contributed by atoms with van der Waals surface area (Å²) in [6, 6.07) is 30.3. The molecule has 2 aliphatic heterocycles. The molecule has 0 radical (unpaired) electrons. The summed E-state index contributed by atoms with van der Waals surface area (Å²) in [5.41, 5.74) is 0.0540. The molecule has 16 nitrogen and oxygen atoms in total. The highest BCUT2D eigenvalue weighted by Crippen LogP contribution is 2.48. The number of benzene rings is 4. The number of H-pyrrole nitrogens is 1. The molecule has 64 heavy (non-hydrogen) atoms. The summed E-state index contributed by atoms with van der Waals surface area (Å²) < 4.78 is 26.1. The predicted molar refractivity (Wildman–Crippen MR) is 235 cm³/mol. The number of hydrogen-bond donors (Lipinski definition) is 4. The Morgan fingerprint density at radius 3 is 1.97 bits per heavy atom. The van der Waals surface area contributed by atoms with Crippen LogP contribution in [0.5, 0.6) is 11.5 Å². The van der Waals surface area contributed by atoms with Gasteiger partial charge in [0.1, 0.15) is 42.1 Å². The van der Waals surface area contributed by atoms with Crippen LogP contribution in [0.25, 0.3) is 11.2 Å². The first-order chi connectivity index (χ1) is 30.9. The molecule has 1 saturated heterocycles. The van der Waals surface area contributed by atoms with Crippen molar-refractivity contribution in [3.63, 3.8) is 0 Å². The van der Waals surface area contributed by atoms with E-state index < -0.39 is 71.5 Å². The number of aromatic nitrogens is 4. The normalized spacial score (nSPS) is 19.5. The Kier molecular flexibility index (Phi) is 12.5. The summed E-state index contributed by atoms with van der Waals surface area (Å²) in [6.45, 7) is 5.34. The number of imidazole rings is 1. The van der Waals surface area contributed by atoms with E-state index >= 15 is 0 Å². The van der Waals surface area contributed by atoms with Crippen LogP contribution in [-0.2, 0) is 19.7 Å². The van der Waals surface area contributed by atoms with E-state index in [1.54, 1.807) is 76.6 Å². The molecule has 16 heteroatoms. The lowest BCUT2D eigenvalue weighted by molar-refractivity contribution is -0.134. The molecule has 2 aliphatic rings. The molecular weight excluding hydrogens is 821 g/mol. The van der Waals surface area contributed by atoms with Crippen molar-refractivity contribution in [2.24, 2.45) is 5.92 Å². The summed E-state index contributed by atoms with van der Waals surface area (Å²) in [5, 5.41) is 28.8. The van der Waals surface area contributed by atoms with Gasteiger partial charge in [-0.05, 0) is 65.9 Å². The Morgan fingerprint density at radius 1 is 0.859 bits per heavy atom. The third kappa shape index (κ3) is 7.72. The van der Waals surface area contributed by atoms with Crippen LogP contribution in [0.1, 0.15) is 83.7 Å². The second-order valence-corrected chi connectivity index (χ2v) is 16.2. The third-order valence-electron chi connectivity index (χ3n) is 12.0. The van der Waals surface area contributed by atoms with Crippen LogP contribution < -0.4 is 20.3 Å². The molecule has 2 unspecified atom stereocenters. The van der Waals surface area contributed by atoms with E-state index in [-0.39, 0.29) is 34.7 Å². The summed E-state index contributed by atoms with van der Waals surface area (Å²) in [5.74, 6) is -0.966. The van der Waals surface area contributed by atoms with E-state index in [1.807, 2.05) is 61.5 Å². The average molecular weight is 871 g/mol. The number of carbonyl (C=O) groups excluding carboxylic acids is 3. The molecule has 0 saturated carbocycles. The van der Waals surface area contributed by atoms with Gasteiger partial charge >= 0.3 is 0 Å². The first-order valence-electron chi connectivity index (χ1n) is 21.2. The number of methoxy groups -OCH3 is 2. The van der Waals surface area contributed by atoms with Crippen molar-refractivity contribution in [3.05, 3.63) is 148 Å². The van der Waals surface area contributed by atoms with Gasteiger partial charge in [0.2, 0.25) is 11.9 Å². The predicted octanol–water partition coefficient (Wildman–Crippen LogP) is 5.58. The number of carbonyl (C=O) groups is 3. The van der Waals surface area contributed by atoms with Gasteiger partial charge in [-0.1, -0.05) is 93.9 Å². The van der Waals surface area contributed by atoms with Crippen molar-refractivity contribution in [1.82, 2.24) is 24.4 Å². The first-order valence-corrected chi connectivity index (χ1v) is 21.2. The number of imide groups is 1. The van der Waals surface area contributed by atoms with Crippen molar-refractivity contribution in [2.45, 2.75) is 82.3 Å². The smallest absolute Gasteiger partial charge is 0.280 e. The molecule has 3 amide bonds. The fourth-order valence-corrected chi connectivity index (χ4v) is 8.69. The second kappa shape index (κ2) is 18.2. The monoisotopic (exact) mass is 870 g/mol. The van der Waals surface area contributed by atoms with Crippen molar-refractivity contribution in [2.75, 3.05) is 19.5 Å². The van der Waals surface area contributed by atoms with Crippen molar-refractivity contribution in [3.8, 4) is 11.5 Å². The fourth-order valence-electron chi connectivity index (χ4n) is 8.69. The van der Waals surface area contributed by atoms with Crippen molar-refractivity contribution >= 4 is 34.8 Å². The molecule has 0 bridgehead atoms. The van der Waals surface area contributed by atoms with E-state index in [9.17, 15) is 29.4 Å². The zero-order valence-corrected chi connectivity index (χ0v) is 36.0. The Labute approximate surface area is 368 Å². The number of aliphatic hydroxyl groups is 2. The first kappa shape index (κ1) is 43.9. The summed E-state index contributed by atoms with van der Waals surface area (Å²) in [7, 11) is 3.11. The summed E-state index contributed by atoms with van der Waals surface area (Å²) in [4.78, 5) is 66.8. The van der Waals surface area contributed by atoms with E-state index in [0.29, 0.717) is 41.0 Å². The summed E-state index contributed by atoms with van der Waals surface area (Å²) >= 11 is 0. The third-order valence-corrected chi connectivity index (χ3v) is 12.0. The Morgan fingerprint density at radius 2 is 1.42 bits per heavy atom. The summed E-state index contributed by atoms with van der Waals surface area (Å²) in [6.07, 6.45) is -6.06. The molecule has 8 rings (SSSR count). The number of ether oxygens (including phenoxy) is 4. The number of nitrogens with one attached hydrogen (secondary N) is 2. The molecule has 0 spiro atoms. The van der Waals surface area contributed by atoms with Crippen LogP contribution in [0.15, 0.2) is 114 Å². The van der Waals surface area contributed by atoms with Gasteiger partial charge in [-0.2, -0.15) is 4.98 Å². The molecule has 6 aromatic rings. The Hall–Kier alpha value is -6.72. The number of unbranched alkanes of at least 4 members (excludes halogenated alkanes) is 1. The lowest BCUT2D eigenvalue weighted by Crippen LogP contribution is -2.53. The largest absolute Gasteiger partial charge is 0.497 e. The van der Waals surface area contributed by atoms with E-state index in [0.717, 1.165) is 4.90 Å². The van der Waals surface area contributed by atoms with Gasteiger partial charge in [0.25, 0.3) is 17.4 Å². The number of fused-ring (bicyclic) bond motifs is 2. The van der Waals surface area contributed by atoms with Crippen molar-refractivity contribution in [1.29, 1.82) is 0 Å². The highest BCUT2D eigenvalue weighted by atomic mass is 16.6. The van der Waals surface area contributed by atoms with Gasteiger partial charge < -0.3 is 29.2 Å². The van der Waals surface area contributed by atoms with Crippen LogP contribution in [0, 0.1) is 5.92 Å². The highest BCUT2D eigenvalue weighted by Gasteiger charge is 2.57.